The van der Waals surface area contributed by atoms with Gasteiger partial charge in [0.05, 0.1) is 36.8 Å². The van der Waals surface area contributed by atoms with Gasteiger partial charge in [0.15, 0.2) is 0 Å². The lowest BCUT2D eigenvalue weighted by Crippen LogP contribution is -2.28. The first-order chi connectivity index (χ1) is 14.0. The number of esters is 1. The molecule has 1 heterocycles. The number of aliphatic hydroxyl groups is 1. The van der Waals surface area contributed by atoms with Crippen LogP contribution in [0, 0.1) is 0 Å². The van der Waals surface area contributed by atoms with E-state index in [-0.39, 0.29) is 31.4 Å². The highest BCUT2D eigenvalue weighted by Gasteiger charge is 2.22. The number of aliphatic hydroxyl groups excluding tert-OH is 1. The van der Waals surface area contributed by atoms with E-state index in [1.165, 1.54) is 16.3 Å². The highest BCUT2D eigenvalue weighted by molar-refractivity contribution is 8.00. The number of nitrogens with one attached hydrogen (secondary N) is 1. The van der Waals surface area contributed by atoms with Gasteiger partial charge in [-0.1, -0.05) is 23.9 Å². The number of carbonyl (C=O) groups is 2. The number of benzene rings is 1. The third-order valence-electron chi connectivity index (χ3n) is 4.56. The summed E-state index contributed by atoms with van der Waals surface area (Å²) in [4.78, 5) is 40.9. The van der Waals surface area contributed by atoms with Crippen LogP contribution in [-0.2, 0) is 28.9 Å². The third kappa shape index (κ3) is 4.86. The van der Waals surface area contributed by atoms with Gasteiger partial charge in [-0.25, -0.2) is 9.59 Å². The van der Waals surface area contributed by atoms with Gasteiger partial charge in [0.2, 0.25) is 5.91 Å². The Hall–Kier alpha value is -2.65. The Labute approximate surface area is 172 Å². The van der Waals surface area contributed by atoms with Crippen LogP contribution in [0.15, 0.2) is 34.1 Å². The molecule has 9 heteroatoms. The van der Waals surface area contributed by atoms with E-state index in [1.807, 2.05) is 0 Å². The van der Waals surface area contributed by atoms with Crippen LogP contribution in [0.3, 0.4) is 0 Å². The molecule has 0 bridgehead atoms. The van der Waals surface area contributed by atoms with Crippen LogP contribution in [0.5, 0.6) is 0 Å². The van der Waals surface area contributed by atoms with Crippen molar-refractivity contribution in [3.63, 3.8) is 0 Å². The second-order valence-electron chi connectivity index (χ2n) is 6.46. The molecule has 1 aromatic heterocycles. The van der Waals surface area contributed by atoms with Crippen LogP contribution in [0.2, 0.25) is 0 Å². The average molecular weight is 417 g/mol. The highest BCUT2D eigenvalue weighted by Crippen LogP contribution is 2.29. The molecule has 0 unspecified atom stereocenters. The quantitative estimate of drug-likeness (QED) is 0.382. The summed E-state index contributed by atoms with van der Waals surface area (Å²) in [7, 11) is 0. The summed E-state index contributed by atoms with van der Waals surface area (Å²) >= 11 is 1.20. The molecule has 8 nitrogen and oxygen atoms in total. The summed E-state index contributed by atoms with van der Waals surface area (Å²) in [5, 5.41) is 12.5. The highest BCUT2D eigenvalue weighted by atomic mass is 32.2. The molecule has 0 fully saturated rings. The second-order valence-corrected chi connectivity index (χ2v) is 7.42. The molecule has 0 atom stereocenters. The van der Waals surface area contributed by atoms with Crippen molar-refractivity contribution >= 4 is 29.3 Å². The minimum Gasteiger partial charge on any atom is -0.462 e. The van der Waals surface area contributed by atoms with Gasteiger partial charge in [-0.3, -0.25) is 9.36 Å². The molecule has 1 aromatic carbocycles. The molecule has 1 aliphatic rings. The summed E-state index contributed by atoms with van der Waals surface area (Å²) in [5.74, 6) is -0.747. The minimum absolute atomic E-state index is 0.0556. The first-order valence-corrected chi connectivity index (χ1v) is 10.5. The molecule has 0 radical (unpaired) electrons. The zero-order chi connectivity index (χ0) is 20.8. The lowest BCUT2D eigenvalue weighted by Gasteiger charge is -2.13. The Bertz CT molecular complexity index is 973. The Morgan fingerprint density at radius 2 is 2.10 bits per heavy atom. The minimum atomic E-state index is -0.497. The summed E-state index contributed by atoms with van der Waals surface area (Å²) < 4.78 is 6.53. The number of nitrogens with zero attached hydrogens (tertiary/aromatic N) is 2. The van der Waals surface area contributed by atoms with Crippen molar-refractivity contribution in [2.24, 2.45) is 0 Å². The van der Waals surface area contributed by atoms with Gasteiger partial charge in [-0.05, 0) is 38.3 Å². The van der Waals surface area contributed by atoms with Crippen molar-refractivity contribution in [2.75, 3.05) is 24.3 Å². The number of fused-ring (bicyclic) bond motifs is 1. The van der Waals surface area contributed by atoms with E-state index in [0.717, 1.165) is 30.5 Å². The first kappa shape index (κ1) is 21.1. The van der Waals surface area contributed by atoms with Crippen LogP contribution in [-0.4, -0.2) is 45.5 Å². The number of ether oxygens (including phenoxy) is 1. The Kier molecular flexibility index (Phi) is 7.05. The lowest BCUT2D eigenvalue weighted by atomic mass is 10.2. The van der Waals surface area contributed by atoms with Gasteiger partial charge in [-0.2, -0.15) is 4.98 Å². The van der Waals surface area contributed by atoms with Crippen LogP contribution in [0.1, 0.15) is 35.0 Å². The molecule has 29 heavy (non-hydrogen) atoms. The van der Waals surface area contributed by atoms with Crippen LogP contribution in [0.4, 0.5) is 5.69 Å². The fourth-order valence-corrected chi connectivity index (χ4v) is 4.21. The van der Waals surface area contributed by atoms with E-state index in [1.54, 1.807) is 31.2 Å². The van der Waals surface area contributed by atoms with Gasteiger partial charge in [-0.15, -0.1) is 0 Å². The first-order valence-electron chi connectivity index (χ1n) is 9.47. The number of anilines is 1. The molecule has 3 rings (SSSR count). The molecule has 1 aliphatic carbocycles. The lowest BCUT2D eigenvalue weighted by molar-refractivity contribution is -0.113. The maximum absolute atomic E-state index is 12.4. The van der Waals surface area contributed by atoms with E-state index in [2.05, 4.69) is 10.3 Å². The Balaban J connectivity index is 1.71. The molecule has 0 spiro atoms. The fourth-order valence-electron chi connectivity index (χ4n) is 3.34. The maximum Gasteiger partial charge on any atom is 0.348 e. The van der Waals surface area contributed by atoms with Crippen molar-refractivity contribution < 1.29 is 19.4 Å². The smallest absolute Gasteiger partial charge is 0.348 e. The monoisotopic (exact) mass is 417 g/mol. The van der Waals surface area contributed by atoms with Crippen molar-refractivity contribution in [1.82, 2.24) is 9.55 Å². The summed E-state index contributed by atoms with van der Waals surface area (Å²) in [6.45, 7) is 2.07. The second kappa shape index (κ2) is 9.71. The summed E-state index contributed by atoms with van der Waals surface area (Å²) in [5.41, 5.74) is 2.14. The summed E-state index contributed by atoms with van der Waals surface area (Å²) in [6, 6.07) is 6.66. The van der Waals surface area contributed by atoms with Crippen molar-refractivity contribution in [2.45, 2.75) is 37.8 Å². The number of amides is 1. The van der Waals surface area contributed by atoms with Gasteiger partial charge < -0.3 is 15.2 Å². The molecule has 1 amide bonds. The fraction of sp³-hybridized carbons (Fsp3) is 0.400. The Morgan fingerprint density at radius 1 is 1.31 bits per heavy atom. The van der Waals surface area contributed by atoms with Crippen LogP contribution in [0.25, 0.3) is 0 Å². The number of thioether (sulfide) groups is 1. The maximum atomic E-state index is 12.4. The predicted molar refractivity (Wildman–Crippen MR) is 109 cm³/mol. The predicted octanol–water partition coefficient (Wildman–Crippen LogP) is 1.63. The van der Waals surface area contributed by atoms with E-state index < -0.39 is 11.7 Å². The SMILES string of the molecule is CCOC(=O)c1ccccc1NC(=O)CSc1nc(=O)n(CCO)c2c1CCC2. The zero-order valence-electron chi connectivity index (χ0n) is 16.1. The van der Waals surface area contributed by atoms with Crippen molar-refractivity contribution in [3.05, 3.63) is 51.6 Å². The molecule has 2 N–H and O–H groups in total. The molecule has 0 aliphatic heterocycles. The molecule has 154 valence electrons. The molecular formula is C20H23N3O5S. The van der Waals surface area contributed by atoms with Gasteiger partial charge in [0, 0.05) is 11.3 Å². The number of aromatic nitrogens is 2. The van der Waals surface area contributed by atoms with Gasteiger partial charge >= 0.3 is 11.7 Å². The number of hydrogen-bond donors (Lipinski definition) is 2. The van der Waals surface area contributed by atoms with Crippen LogP contribution < -0.4 is 11.0 Å². The number of hydrogen-bond acceptors (Lipinski definition) is 7. The van der Waals surface area contributed by atoms with E-state index in [9.17, 15) is 19.5 Å². The Morgan fingerprint density at radius 3 is 2.86 bits per heavy atom. The van der Waals surface area contributed by atoms with Gasteiger partial charge in [0.1, 0.15) is 5.03 Å². The standard InChI is InChI=1S/C20H23N3O5S/c1-2-28-19(26)13-6-3-4-8-15(13)21-17(25)12-29-18-14-7-5-9-16(14)23(10-11-24)20(27)22-18/h3-4,6,8,24H,2,5,7,9-12H2,1H3,(H,21,25). The number of para-hydroxylation sites is 1. The van der Waals surface area contributed by atoms with E-state index in [0.29, 0.717) is 16.3 Å². The summed E-state index contributed by atoms with van der Waals surface area (Å²) in [6.07, 6.45) is 2.47. The zero-order valence-corrected chi connectivity index (χ0v) is 17.0. The number of carbonyl (C=O) groups excluding carboxylic acids is 2. The largest absolute Gasteiger partial charge is 0.462 e. The average Bonchev–Trinajstić information content (AvgIpc) is 3.19. The number of rotatable bonds is 8. The molecule has 0 saturated heterocycles. The van der Waals surface area contributed by atoms with E-state index >= 15 is 0 Å². The normalized spacial score (nSPS) is 12.5. The molecule has 2 aromatic rings. The van der Waals surface area contributed by atoms with Crippen LogP contribution >= 0.6 is 11.8 Å². The topological polar surface area (TPSA) is 111 Å². The van der Waals surface area contributed by atoms with Crippen molar-refractivity contribution in [1.29, 1.82) is 0 Å². The van der Waals surface area contributed by atoms with Crippen molar-refractivity contribution in [3.8, 4) is 0 Å². The third-order valence-corrected chi connectivity index (χ3v) is 5.58. The van der Waals surface area contributed by atoms with E-state index in [4.69, 9.17) is 4.74 Å². The van der Waals surface area contributed by atoms with Gasteiger partial charge in [0.25, 0.3) is 0 Å². The molecule has 0 saturated carbocycles. The molecular weight excluding hydrogens is 394 g/mol.